The van der Waals surface area contributed by atoms with Gasteiger partial charge in [0, 0.05) is 19.1 Å². The van der Waals surface area contributed by atoms with E-state index in [4.69, 9.17) is 23.8 Å². The van der Waals surface area contributed by atoms with Crippen molar-refractivity contribution in [2.24, 2.45) is 5.16 Å². The summed E-state index contributed by atoms with van der Waals surface area (Å²) in [6, 6.07) is 19.8. The van der Waals surface area contributed by atoms with Gasteiger partial charge >= 0.3 is 0 Å². The number of hydrogen-bond donors (Lipinski definition) is 0. The Labute approximate surface area is 158 Å². The van der Waals surface area contributed by atoms with Gasteiger partial charge in [-0.15, -0.1) is 0 Å². The van der Waals surface area contributed by atoms with E-state index in [9.17, 15) is 0 Å². The van der Waals surface area contributed by atoms with Crippen molar-refractivity contribution >= 4 is 5.71 Å². The van der Waals surface area contributed by atoms with Gasteiger partial charge in [0.1, 0.15) is 18.8 Å². The Morgan fingerprint density at radius 2 is 1.74 bits per heavy atom. The van der Waals surface area contributed by atoms with Gasteiger partial charge in [-0.2, -0.15) is 0 Å². The van der Waals surface area contributed by atoms with Gasteiger partial charge in [-0.1, -0.05) is 65.8 Å². The smallest absolute Gasteiger partial charge is 0.184 e. The maximum atomic E-state index is 6.17. The minimum absolute atomic E-state index is 0.275. The molecule has 6 nitrogen and oxygen atoms in total. The number of ether oxygens (including phenoxy) is 4. The van der Waals surface area contributed by atoms with Crippen LogP contribution >= 0.6 is 0 Å². The van der Waals surface area contributed by atoms with Crippen LogP contribution in [0.5, 0.6) is 0 Å². The molecule has 0 aliphatic carbocycles. The predicted octanol–water partition coefficient (Wildman–Crippen LogP) is 3.43. The van der Waals surface area contributed by atoms with Crippen molar-refractivity contribution in [3.63, 3.8) is 0 Å². The number of fused-ring (bicyclic) bond motifs is 1. The molecular weight excluding hydrogens is 346 g/mol. The summed E-state index contributed by atoms with van der Waals surface area (Å²) in [6.45, 7) is 0.806. The molecule has 0 N–H and O–H groups in total. The van der Waals surface area contributed by atoms with E-state index in [2.05, 4.69) is 5.16 Å². The van der Waals surface area contributed by atoms with Crippen LogP contribution in [0.1, 0.15) is 23.8 Å². The molecule has 0 spiro atoms. The molecular formula is C21H23NO5. The van der Waals surface area contributed by atoms with Crippen LogP contribution in [0.2, 0.25) is 0 Å². The monoisotopic (exact) mass is 369 g/mol. The number of benzene rings is 2. The molecule has 2 fully saturated rings. The fraction of sp³-hybridized carbons (Fsp3) is 0.381. The van der Waals surface area contributed by atoms with E-state index in [1.807, 2.05) is 60.7 Å². The summed E-state index contributed by atoms with van der Waals surface area (Å²) < 4.78 is 23.3. The van der Waals surface area contributed by atoms with Gasteiger partial charge in [0.25, 0.3) is 0 Å². The first-order valence-electron chi connectivity index (χ1n) is 9.06. The Hall–Kier alpha value is -2.25. The summed E-state index contributed by atoms with van der Waals surface area (Å²) in [5.41, 5.74) is 2.80. The molecule has 2 aliphatic rings. The summed E-state index contributed by atoms with van der Waals surface area (Å²) in [6.07, 6.45) is -0.942. The van der Waals surface area contributed by atoms with E-state index in [0.29, 0.717) is 19.6 Å². The third-order valence-corrected chi connectivity index (χ3v) is 4.64. The standard InChI is InChI=1S/C21H23NO5/c1-23-19-12-17(22-25-13-15-8-4-2-5-9-15)20-18(26-19)14-24-21(27-20)16-10-6-3-7-11-16/h2-11,18-21H,12-14H2,1H3/b22-17+/t18-,19+,20+,21-/m1/s1. The topological polar surface area (TPSA) is 58.5 Å². The minimum Gasteiger partial charge on any atom is -0.391 e. The van der Waals surface area contributed by atoms with Crippen LogP contribution < -0.4 is 0 Å². The molecule has 2 heterocycles. The third-order valence-electron chi connectivity index (χ3n) is 4.64. The Bertz CT molecular complexity index is 752. The Kier molecular flexibility index (Phi) is 5.79. The number of hydrogen-bond acceptors (Lipinski definition) is 6. The molecule has 0 unspecified atom stereocenters. The Balaban J connectivity index is 1.48. The lowest BCUT2D eigenvalue weighted by molar-refractivity contribution is -0.286. The highest BCUT2D eigenvalue weighted by Crippen LogP contribution is 2.32. The molecule has 2 aromatic rings. The van der Waals surface area contributed by atoms with Gasteiger partial charge in [-0.05, 0) is 5.56 Å². The van der Waals surface area contributed by atoms with Crippen molar-refractivity contribution in [2.75, 3.05) is 13.7 Å². The summed E-state index contributed by atoms with van der Waals surface area (Å²) in [5.74, 6) is 0. The minimum atomic E-state index is -0.450. The lowest BCUT2D eigenvalue weighted by Crippen LogP contribution is -2.53. The molecule has 0 bridgehead atoms. The van der Waals surface area contributed by atoms with Gasteiger partial charge in [0.05, 0.1) is 12.3 Å². The summed E-state index contributed by atoms with van der Waals surface area (Å²) in [7, 11) is 1.62. The highest BCUT2D eigenvalue weighted by Gasteiger charge is 2.43. The van der Waals surface area contributed by atoms with Crippen LogP contribution in [0.3, 0.4) is 0 Å². The van der Waals surface area contributed by atoms with Crippen LogP contribution in [0.15, 0.2) is 65.8 Å². The molecule has 4 rings (SSSR count). The van der Waals surface area contributed by atoms with E-state index in [1.165, 1.54) is 0 Å². The molecule has 0 radical (unpaired) electrons. The maximum Gasteiger partial charge on any atom is 0.184 e. The average molecular weight is 369 g/mol. The van der Waals surface area contributed by atoms with E-state index >= 15 is 0 Å². The van der Waals surface area contributed by atoms with E-state index in [-0.39, 0.29) is 18.5 Å². The first-order chi connectivity index (χ1) is 13.3. The zero-order chi connectivity index (χ0) is 18.5. The molecule has 0 aromatic heterocycles. The number of nitrogens with zero attached hydrogens (tertiary/aromatic N) is 1. The molecule has 27 heavy (non-hydrogen) atoms. The fourth-order valence-electron chi connectivity index (χ4n) is 3.24. The Morgan fingerprint density at radius 1 is 1.00 bits per heavy atom. The fourth-order valence-corrected chi connectivity index (χ4v) is 3.24. The lowest BCUT2D eigenvalue weighted by atomic mass is 10.0. The SMILES string of the molecule is CO[C@@H]1C/C(=N\OCc2ccccc2)[C@@H]2O[C@H](c3ccccc3)OC[C@H]2O1. The summed E-state index contributed by atoms with van der Waals surface area (Å²) >= 11 is 0. The first kappa shape index (κ1) is 18.1. The number of methoxy groups -OCH3 is 1. The predicted molar refractivity (Wildman–Crippen MR) is 99.0 cm³/mol. The molecule has 2 aliphatic heterocycles. The van der Waals surface area contributed by atoms with Gasteiger partial charge < -0.3 is 23.8 Å². The summed E-state index contributed by atoms with van der Waals surface area (Å²) in [5, 5.41) is 4.37. The molecule has 142 valence electrons. The largest absolute Gasteiger partial charge is 0.391 e. The second kappa shape index (κ2) is 8.63. The van der Waals surface area contributed by atoms with Crippen molar-refractivity contribution in [1.82, 2.24) is 0 Å². The quantitative estimate of drug-likeness (QED) is 0.756. The van der Waals surface area contributed by atoms with Crippen LogP contribution in [-0.4, -0.2) is 37.9 Å². The average Bonchev–Trinajstić information content (AvgIpc) is 2.74. The van der Waals surface area contributed by atoms with Crippen LogP contribution in [-0.2, 0) is 30.4 Å². The first-order valence-corrected chi connectivity index (χ1v) is 9.06. The molecule has 0 amide bonds. The second-order valence-electron chi connectivity index (χ2n) is 6.52. The zero-order valence-electron chi connectivity index (χ0n) is 15.2. The zero-order valence-corrected chi connectivity index (χ0v) is 15.2. The molecule has 2 saturated heterocycles. The van der Waals surface area contributed by atoms with Crippen LogP contribution in [0.25, 0.3) is 0 Å². The van der Waals surface area contributed by atoms with Crippen molar-refractivity contribution in [2.45, 2.75) is 37.8 Å². The Morgan fingerprint density at radius 3 is 2.48 bits per heavy atom. The second-order valence-corrected chi connectivity index (χ2v) is 6.52. The van der Waals surface area contributed by atoms with E-state index < -0.39 is 6.29 Å². The van der Waals surface area contributed by atoms with E-state index in [1.54, 1.807) is 7.11 Å². The van der Waals surface area contributed by atoms with Crippen LogP contribution in [0, 0.1) is 0 Å². The molecule has 2 aromatic carbocycles. The normalized spacial score (nSPS) is 29.3. The molecule has 6 heteroatoms. The summed E-state index contributed by atoms with van der Waals surface area (Å²) in [4.78, 5) is 5.60. The molecule has 0 saturated carbocycles. The third kappa shape index (κ3) is 4.36. The van der Waals surface area contributed by atoms with E-state index in [0.717, 1.165) is 16.8 Å². The van der Waals surface area contributed by atoms with Gasteiger partial charge in [-0.3, -0.25) is 0 Å². The van der Waals surface area contributed by atoms with Gasteiger partial charge in [0.15, 0.2) is 12.6 Å². The number of oxime groups is 1. The van der Waals surface area contributed by atoms with Gasteiger partial charge in [-0.25, -0.2) is 0 Å². The van der Waals surface area contributed by atoms with Crippen molar-refractivity contribution in [3.8, 4) is 0 Å². The van der Waals surface area contributed by atoms with Crippen LogP contribution in [0.4, 0.5) is 0 Å². The number of rotatable bonds is 5. The van der Waals surface area contributed by atoms with Crippen molar-refractivity contribution in [3.05, 3.63) is 71.8 Å². The molecule has 4 atom stereocenters. The van der Waals surface area contributed by atoms with Crippen molar-refractivity contribution < 1.29 is 23.8 Å². The van der Waals surface area contributed by atoms with Crippen molar-refractivity contribution in [1.29, 1.82) is 0 Å². The maximum absolute atomic E-state index is 6.17. The van der Waals surface area contributed by atoms with Gasteiger partial charge in [0.2, 0.25) is 0 Å². The highest BCUT2D eigenvalue weighted by molar-refractivity contribution is 5.90. The lowest BCUT2D eigenvalue weighted by Gasteiger charge is -2.41. The highest BCUT2D eigenvalue weighted by atomic mass is 16.7.